The molecule has 3 heterocycles. The molecular formula is C20H18ClN5O3. The fraction of sp³-hybridized carbons (Fsp3) is 0.200. The average Bonchev–Trinajstić information content (AvgIpc) is 3.04. The Morgan fingerprint density at radius 2 is 2.14 bits per heavy atom. The average molecular weight is 412 g/mol. The van der Waals surface area contributed by atoms with Crippen molar-refractivity contribution in [2.24, 2.45) is 7.05 Å². The Morgan fingerprint density at radius 3 is 2.90 bits per heavy atom. The molecule has 148 valence electrons. The summed E-state index contributed by atoms with van der Waals surface area (Å²) in [5.74, 6) is -0.0610. The molecule has 0 saturated heterocycles. The normalized spacial score (nSPS) is 13.3. The lowest BCUT2D eigenvalue weighted by Gasteiger charge is -2.22. The van der Waals surface area contributed by atoms with Gasteiger partial charge in [0.25, 0.3) is 5.91 Å². The maximum atomic E-state index is 12.5. The number of halogens is 1. The molecule has 0 aliphatic carbocycles. The Morgan fingerprint density at radius 1 is 1.31 bits per heavy atom. The van der Waals surface area contributed by atoms with E-state index in [-0.39, 0.29) is 6.54 Å². The molecule has 0 unspecified atom stereocenters. The fourth-order valence-corrected chi connectivity index (χ4v) is 3.65. The molecule has 1 aromatic carbocycles. The molecule has 0 radical (unpaired) electrons. The largest absolute Gasteiger partial charge is 0.465 e. The van der Waals surface area contributed by atoms with Crippen molar-refractivity contribution in [3.63, 3.8) is 0 Å². The van der Waals surface area contributed by atoms with Crippen LogP contribution in [-0.4, -0.2) is 43.1 Å². The summed E-state index contributed by atoms with van der Waals surface area (Å²) in [7, 11) is 1.85. The molecular weight excluding hydrogens is 394 g/mol. The number of nitrogens with one attached hydrogen (secondary N) is 1. The summed E-state index contributed by atoms with van der Waals surface area (Å²) in [5, 5.41) is 13.0. The number of anilines is 1. The van der Waals surface area contributed by atoms with Gasteiger partial charge in [0.15, 0.2) is 0 Å². The summed E-state index contributed by atoms with van der Waals surface area (Å²) in [6.07, 6.45) is 0.870. The second-order valence-corrected chi connectivity index (χ2v) is 7.12. The zero-order chi connectivity index (χ0) is 20.5. The lowest BCUT2D eigenvalue weighted by molar-refractivity contribution is 0.0725. The Balaban J connectivity index is 1.60. The minimum absolute atomic E-state index is 0.147. The van der Waals surface area contributed by atoms with Crippen LogP contribution in [0.1, 0.15) is 21.6 Å². The molecule has 2 N–H and O–H groups in total. The summed E-state index contributed by atoms with van der Waals surface area (Å²) in [6, 6.07) is 11.0. The third-order valence-corrected chi connectivity index (χ3v) is 5.13. The highest BCUT2D eigenvalue weighted by Crippen LogP contribution is 2.28. The summed E-state index contributed by atoms with van der Waals surface area (Å²) < 4.78 is 1.88. The number of carboxylic acid groups (broad SMARTS) is 1. The second-order valence-electron chi connectivity index (χ2n) is 6.69. The number of hydrogen-bond acceptors (Lipinski definition) is 5. The molecule has 9 heteroatoms. The topological polar surface area (TPSA) is 100 Å². The number of nitrogens with zero attached hydrogens (tertiary/aromatic N) is 4. The Hall–Kier alpha value is -3.39. The predicted octanol–water partition coefficient (Wildman–Crippen LogP) is 3.42. The van der Waals surface area contributed by atoms with E-state index in [2.05, 4.69) is 15.3 Å². The van der Waals surface area contributed by atoms with Gasteiger partial charge in [0.05, 0.1) is 17.0 Å². The van der Waals surface area contributed by atoms with Crippen LogP contribution in [0.3, 0.4) is 0 Å². The first-order chi connectivity index (χ1) is 13.9. The quantitative estimate of drug-likeness (QED) is 0.682. The molecule has 3 aromatic rings. The first-order valence-electron chi connectivity index (χ1n) is 8.99. The standard InChI is InChI=1S/C20H18ClN5O3/c1-25-16-6-8-26(20(28)29)18(27)14(16)10-17(25)15-5-7-22-19(24-15)23-11-12-3-2-4-13(21)9-12/h2-5,7,9-10H,6,8,11H2,1H3,(H,28,29)(H,22,23,24). The molecule has 29 heavy (non-hydrogen) atoms. The molecule has 1 aliphatic heterocycles. The zero-order valence-corrected chi connectivity index (χ0v) is 16.3. The van der Waals surface area contributed by atoms with E-state index in [1.54, 1.807) is 18.3 Å². The number of carbonyl (C=O) groups is 2. The van der Waals surface area contributed by atoms with E-state index in [9.17, 15) is 14.7 Å². The molecule has 0 atom stereocenters. The van der Waals surface area contributed by atoms with Crippen LogP contribution in [0, 0.1) is 0 Å². The third-order valence-electron chi connectivity index (χ3n) is 4.89. The van der Waals surface area contributed by atoms with E-state index >= 15 is 0 Å². The van der Waals surface area contributed by atoms with Crippen LogP contribution in [0.25, 0.3) is 11.4 Å². The van der Waals surface area contributed by atoms with Crippen LogP contribution in [0.4, 0.5) is 10.7 Å². The van der Waals surface area contributed by atoms with E-state index in [1.807, 2.05) is 35.9 Å². The number of fused-ring (bicyclic) bond motifs is 1. The van der Waals surface area contributed by atoms with Crippen molar-refractivity contribution in [3.05, 3.63) is 64.4 Å². The molecule has 2 aromatic heterocycles. The zero-order valence-electron chi connectivity index (χ0n) is 15.6. The first-order valence-corrected chi connectivity index (χ1v) is 9.37. The van der Waals surface area contributed by atoms with Gasteiger partial charge >= 0.3 is 6.09 Å². The highest BCUT2D eigenvalue weighted by Gasteiger charge is 2.32. The summed E-state index contributed by atoms with van der Waals surface area (Å²) in [4.78, 5) is 33.4. The van der Waals surface area contributed by atoms with Crippen LogP contribution in [0.2, 0.25) is 5.02 Å². The summed E-state index contributed by atoms with van der Waals surface area (Å²) in [6.45, 7) is 0.661. The van der Waals surface area contributed by atoms with Gasteiger partial charge < -0.3 is 15.0 Å². The molecule has 0 fully saturated rings. The van der Waals surface area contributed by atoms with Gasteiger partial charge in [-0.25, -0.2) is 19.7 Å². The number of imide groups is 1. The monoisotopic (exact) mass is 411 g/mol. The van der Waals surface area contributed by atoms with E-state index in [0.29, 0.717) is 35.2 Å². The lowest BCUT2D eigenvalue weighted by atomic mass is 10.1. The van der Waals surface area contributed by atoms with E-state index < -0.39 is 12.0 Å². The molecule has 1 aliphatic rings. The van der Waals surface area contributed by atoms with Crippen molar-refractivity contribution in [2.75, 3.05) is 11.9 Å². The van der Waals surface area contributed by atoms with Crippen molar-refractivity contribution in [3.8, 4) is 11.4 Å². The van der Waals surface area contributed by atoms with Crippen molar-refractivity contribution in [2.45, 2.75) is 13.0 Å². The Labute approximate surface area is 171 Å². The van der Waals surface area contributed by atoms with Crippen molar-refractivity contribution in [1.29, 1.82) is 0 Å². The summed E-state index contributed by atoms with van der Waals surface area (Å²) in [5.41, 5.74) is 3.56. The van der Waals surface area contributed by atoms with E-state index in [1.165, 1.54) is 0 Å². The SMILES string of the molecule is Cn1c(-c2ccnc(NCc3cccc(Cl)c3)n2)cc2c1CCN(C(=O)O)C2=O. The highest BCUT2D eigenvalue weighted by atomic mass is 35.5. The Kier molecular flexibility index (Phi) is 4.94. The third kappa shape index (κ3) is 3.66. The van der Waals surface area contributed by atoms with Crippen molar-refractivity contribution < 1.29 is 14.7 Å². The van der Waals surface area contributed by atoms with Crippen LogP contribution in [0.5, 0.6) is 0 Å². The predicted molar refractivity (Wildman–Crippen MR) is 108 cm³/mol. The molecule has 0 spiro atoms. The van der Waals surface area contributed by atoms with Crippen molar-refractivity contribution in [1.82, 2.24) is 19.4 Å². The first kappa shape index (κ1) is 18.9. The minimum Gasteiger partial charge on any atom is -0.465 e. The molecule has 0 saturated carbocycles. The lowest BCUT2D eigenvalue weighted by Crippen LogP contribution is -2.41. The molecule has 2 amide bonds. The maximum absolute atomic E-state index is 12.5. The number of carbonyl (C=O) groups excluding carboxylic acids is 1. The number of benzene rings is 1. The van der Waals surface area contributed by atoms with Gasteiger partial charge in [-0.2, -0.15) is 0 Å². The van der Waals surface area contributed by atoms with Crippen LogP contribution in [0.15, 0.2) is 42.6 Å². The minimum atomic E-state index is -1.24. The molecule has 4 rings (SSSR count). The van der Waals surface area contributed by atoms with Crippen LogP contribution >= 0.6 is 11.6 Å². The van der Waals surface area contributed by atoms with Gasteiger partial charge in [0.2, 0.25) is 5.95 Å². The smallest absolute Gasteiger partial charge is 0.414 e. The fourth-order valence-electron chi connectivity index (χ4n) is 3.44. The van der Waals surface area contributed by atoms with Gasteiger partial charge in [0, 0.05) is 43.5 Å². The maximum Gasteiger partial charge on any atom is 0.414 e. The molecule has 0 bridgehead atoms. The summed E-state index contributed by atoms with van der Waals surface area (Å²) >= 11 is 6.01. The second kappa shape index (κ2) is 7.56. The number of amides is 2. The highest BCUT2D eigenvalue weighted by molar-refractivity contribution is 6.30. The van der Waals surface area contributed by atoms with Gasteiger partial charge in [-0.1, -0.05) is 23.7 Å². The van der Waals surface area contributed by atoms with E-state index in [0.717, 1.165) is 21.9 Å². The Bertz CT molecular complexity index is 1110. The number of rotatable bonds is 4. The van der Waals surface area contributed by atoms with Crippen LogP contribution in [-0.2, 0) is 20.0 Å². The van der Waals surface area contributed by atoms with Crippen molar-refractivity contribution >= 4 is 29.5 Å². The van der Waals surface area contributed by atoms with Gasteiger partial charge in [-0.05, 0) is 29.8 Å². The van der Waals surface area contributed by atoms with Gasteiger partial charge in [-0.3, -0.25) is 4.79 Å². The van der Waals surface area contributed by atoms with E-state index in [4.69, 9.17) is 11.6 Å². The van der Waals surface area contributed by atoms with Gasteiger partial charge in [-0.15, -0.1) is 0 Å². The van der Waals surface area contributed by atoms with Gasteiger partial charge in [0.1, 0.15) is 0 Å². The number of hydrogen-bond donors (Lipinski definition) is 2. The van der Waals surface area contributed by atoms with Crippen LogP contribution < -0.4 is 5.32 Å². The number of aromatic nitrogens is 3. The molecule has 8 nitrogen and oxygen atoms in total.